The third-order valence-electron chi connectivity index (χ3n) is 7.91. The number of hydrogen-bond acceptors (Lipinski definition) is 9. The number of aliphatic hydroxyl groups is 2. The minimum atomic E-state index is -2.58. The second kappa shape index (κ2) is 20.0. The number of amides is 2. The summed E-state index contributed by atoms with van der Waals surface area (Å²) in [6, 6.07) is 11.1. The van der Waals surface area contributed by atoms with Crippen molar-refractivity contribution in [2.45, 2.75) is 103 Å². The average Bonchev–Trinajstić information content (AvgIpc) is 3.23. The maximum atomic E-state index is 12.7. The number of ether oxygens (including phenoxy) is 3. The van der Waals surface area contributed by atoms with E-state index in [9.17, 15) is 24.0 Å². The first kappa shape index (κ1) is 43.0. The zero-order valence-electron chi connectivity index (χ0n) is 30.9. The smallest absolute Gasteiger partial charge is 0.409 e. The number of halogens is 1. The molecule has 13 heteroatoms. The van der Waals surface area contributed by atoms with Gasteiger partial charge in [0.15, 0.2) is 11.0 Å². The monoisotopic (exact) mass is 737 g/mol. The fourth-order valence-electron chi connectivity index (χ4n) is 5.70. The molecule has 11 nitrogen and oxygen atoms in total. The fraction of sp³-hybridized carbons (Fsp3) is 0.568. The predicted octanol–water partition coefficient (Wildman–Crippen LogP) is 6.56. The van der Waals surface area contributed by atoms with E-state index in [1.807, 2.05) is 32.9 Å². The van der Waals surface area contributed by atoms with E-state index in [2.05, 4.69) is 22.6 Å². The highest BCUT2D eigenvalue weighted by Crippen LogP contribution is 2.38. The van der Waals surface area contributed by atoms with Gasteiger partial charge in [-0.05, 0) is 87.6 Å². The van der Waals surface area contributed by atoms with E-state index >= 15 is 0 Å². The first-order chi connectivity index (χ1) is 23.6. The van der Waals surface area contributed by atoms with Crippen LogP contribution in [0.2, 0.25) is 5.02 Å². The number of nitrogens with zero attached hydrogens (tertiary/aromatic N) is 2. The summed E-state index contributed by atoms with van der Waals surface area (Å²) < 4.78 is 32.6. The maximum Gasteiger partial charge on any atom is 0.409 e. The molecule has 3 N–H and O–H groups in total. The van der Waals surface area contributed by atoms with Crippen molar-refractivity contribution in [2.24, 2.45) is 5.92 Å². The molecule has 280 valence electrons. The van der Waals surface area contributed by atoms with Crippen LogP contribution in [-0.2, 0) is 31.7 Å². The lowest BCUT2D eigenvalue weighted by atomic mass is 9.91. The Morgan fingerprint density at radius 3 is 2.48 bits per heavy atom. The van der Waals surface area contributed by atoms with Crippen LogP contribution in [0.5, 0.6) is 5.75 Å². The normalized spacial score (nSPS) is 16.6. The van der Waals surface area contributed by atoms with E-state index in [0.29, 0.717) is 54.6 Å². The Balaban J connectivity index is 0.00000425. The lowest BCUT2D eigenvalue weighted by molar-refractivity contribution is -0.337. The summed E-state index contributed by atoms with van der Waals surface area (Å²) in [7, 11) is 1.40. The quantitative estimate of drug-likeness (QED) is 0.105. The Kier molecular flexibility index (Phi) is 17.2. The second-order valence-corrected chi connectivity index (χ2v) is 14.8. The van der Waals surface area contributed by atoms with Crippen molar-refractivity contribution in [3.05, 3.63) is 64.7 Å². The minimum absolute atomic E-state index is 0.0282. The molecule has 0 bridgehead atoms. The number of aryl methyl sites for hydroxylation is 1. The molecule has 0 saturated heterocycles. The molecule has 0 aromatic heterocycles. The number of fused-ring (bicyclic) bond motifs is 1. The Labute approximate surface area is 305 Å². The van der Waals surface area contributed by atoms with Gasteiger partial charge in [0, 0.05) is 50.1 Å². The number of benzene rings is 2. The van der Waals surface area contributed by atoms with Crippen LogP contribution in [0.1, 0.15) is 84.8 Å². The van der Waals surface area contributed by atoms with Crippen molar-refractivity contribution >= 4 is 40.8 Å². The van der Waals surface area contributed by atoms with Gasteiger partial charge >= 0.3 is 6.09 Å². The van der Waals surface area contributed by atoms with E-state index < -0.39 is 34.8 Å². The topological polar surface area (TPSA) is 138 Å². The van der Waals surface area contributed by atoms with Crippen molar-refractivity contribution < 1.29 is 38.2 Å². The molecule has 1 aliphatic heterocycles. The van der Waals surface area contributed by atoms with Crippen LogP contribution in [-0.4, -0.2) is 83.3 Å². The molecule has 2 aromatic rings. The summed E-state index contributed by atoms with van der Waals surface area (Å²) in [6.07, 6.45) is 4.51. The SMILES string of the molecule is CC.CCCc1cc(Cl)ccc1C1COc2ccc(S(=O)NC=O)cc2N(CCC(CC)C(/C=C/C(O)(O)OC(C)(C)C)OC(=O)N(C)C)C1. The molecule has 50 heavy (non-hydrogen) atoms. The van der Waals surface area contributed by atoms with E-state index in [-0.39, 0.29) is 11.8 Å². The largest absolute Gasteiger partial charge is 0.491 e. The standard InChI is InChI=1S/C35H50ClN3O8S.C2H6/c1-8-10-25-19-27(36)11-13-29(25)26-21-39(30-20-28(48(44)37-23-40)12-14-32(30)45-22-26)18-16-24(9-2)31(46-33(41)38(6)7)15-17-35(42,43)47-34(3,4)5;1-2/h11-15,17,19-20,23-24,26,31,42-43H,8-10,16,18,21-22H2,1-7H3,(H,37,40);1-2H3/b17-15+;. The molecule has 1 heterocycles. The molecule has 4 unspecified atom stereocenters. The van der Waals surface area contributed by atoms with Crippen molar-refractivity contribution in [2.75, 3.05) is 38.7 Å². The third kappa shape index (κ3) is 13.2. The highest BCUT2D eigenvalue weighted by molar-refractivity contribution is 7.83. The first-order valence-corrected chi connectivity index (χ1v) is 18.7. The number of anilines is 1. The van der Waals surface area contributed by atoms with Crippen molar-refractivity contribution in [1.82, 2.24) is 9.62 Å². The molecular formula is C37H56ClN3O8S. The van der Waals surface area contributed by atoms with E-state index in [1.54, 1.807) is 53.1 Å². The van der Waals surface area contributed by atoms with Crippen LogP contribution in [0.25, 0.3) is 0 Å². The summed E-state index contributed by atoms with van der Waals surface area (Å²) in [6.45, 7) is 14.6. The van der Waals surface area contributed by atoms with E-state index in [4.69, 9.17) is 25.8 Å². The van der Waals surface area contributed by atoms with Gasteiger partial charge in [-0.25, -0.2) is 9.00 Å². The van der Waals surface area contributed by atoms with Crippen LogP contribution in [0.4, 0.5) is 10.5 Å². The summed E-state index contributed by atoms with van der Waals surface area (Å²) >= 11 is 6.38. The van der Waals surface area contributed by atoms with Gasteiger partial charge in [0.05, 0.1) is 22.8 Å². The molecule has 0 radical (unpaired) electrons. The van der Waals surface area contributed by atoms with Crippen LogP contribution >= 0.6 is 11.6 Å². The summed E-state index contributed by atoms with van der Waals surface area (Å²) in [5.74, 6) is -2.23. The lowest BCUT2D eigenvalue weighted by Crippen LogP contribution is -2.39. The van der Waals surface area contributed by atoms with Crippen molar-refractivity contribution in [3.8, 4) is 5.75 Å². The number of hydrogen-bond donors (Lipinski definition) is 3. The molecule has 2 amide bonds. The Morgan fingerprint density at radius 1 is 1.18 bits per heavy atom. The number of rotatable bonds is 15. The molecular weight excluding hydrogens is 682 g/mol. The Hall–Kier alpha value is -3.16. The lowest BCUT2D eigenvalue weighted by Gasteiger charge is -2.32. The van der Waals surface area contributed by atoms with Crippen LogP contribution in [0, 0.1) is 5.92 Å². The van der Waals surface area contributed by atoms with Crippen molar-refractivity contribution in [1.29, 1.82) is 0 Å². The van der Waals surface area contributed by atoms with Gasteiger partial charge in [0.25, 0.3) is 5.97 Å². The summed E-state index contributed by atoms with van der Waals surface area (Å²) in [5.41, 5.74) is 2.16. The van der Waals surface area contributed by atoms with E-state index in [0.717, 1.165) is 35.7 Å². The molecule has 1 aliphatic rings. The highest BCUT2D eigenvalue weighted by atomic mass is 35.5. The highest BCUT2D eigenvalue weighted by Gasteiger charge is 2.32. The minimum Gasteiger partial charge on any atom is -0.491 e. The number of carbonyl (C=O) groups excluding carboxylic acids is 2. The molecule has 0 fully saturated rings. The number of carbonyl (C=O) groups is 2. The second-order valence-electron chi connectivity index (χ2n) is 13.1. The summed E-state index contributed by atoms with van der Waals surface area (Å²) in [5, 5.41) is 21.7. The predicted molar refractivity (Wildman–Crippen MR) is 199 cm³/mol. The van der Waals surface area contributed by atoms with Crippen molar-refractivity contribution in [3.63, 3.8) is 0 Å². The maximum absolute atomic E-state index is 12.7. The molecule has 0 aliphatic carbocycles. The number of nitrogens with one attached hydrogen (secondary N) is 1. The van der Waals surface area contributed by atoms with Gasteiger partial charge < -0.3 is 34.2 Å². The average molecular weight is 738 g/mol. The first-order valence-electron chi connectivity index (χ1n) is 17.2. The fourth-order valence-corrected chi connectivity index (χ4v) is 6.53. The summed E-state index contributed by atoms with van der Waals surface area (Å²) in [4.78, 5) is 27.7. The van der Waals surface area contributed by atoms with Gasteiger partial charge in [-0.15, -0.1) is 0 Å². The molecule has 0 saturated carbocycles. The van der Waals surface area contributed by atoms with Gasteiger partial charge in [-0.2, -0.15) is 0 Å². The van der Waals surface area contributed by atoms with Gasteiger partial charge in [0.1, 0.15) is 11.9 Å². The third-order valence-corrected chi connectivity index (χ3v) is 9.13. The van der Waals surface area contributed by atoms with Gasteiger partial charge in [-0.3, -0.25) is 9.52 Å². The molecule has 4 atom stereocenters. The van der Waals surface area contributed by atoms with Gasteiger partial charge in [-0.1, -0.05) is 51.8 Å². The Bertz CT molecular complexity index is 1450. The Morgan fingerprint density at radius 2 is 1.88 bits per heavy atom. The van der Waals surface area contributed by atoms with Gasteiger partial charge in [0.2, 0.25) is 6.41 Å². The zero-order valence-corrected chi connectivity index (χ0v) is 32.5. The van der Waals surface area contributed by atoms with Crippen LogP contribution in [0.3, 0.4) is 0 Å². The van der Waals surface area contributed by atoms with Crippen LogP contribution in [0.15, 0.2) is 53.4 Å². The molecule has 3 rings (SSSR count). The molecule has 0 spiro atoms. The van der Waals surface area contributed by atoms with E-state index in [1.165, 1.54) is 11.0 Å². The van der Waals surface area contributed by atoms with Crippen LogP contribution < -0.4 is 14.4 Å². The molecule has 2 aromatic carbocycles. The zero-order chi connectivity index (χ0) is 37.6.